The van der Waals surface area contributed by atoms with E-state index in [1.54, 1.807) is 29.8 Å². The molecule has 0 spiro atoms. The number of aromatic nitrogens is 2. The molecule has 9 heteroatoms. The summed E-state index contributed by atoms with van der Waals surface area (Å²) in [5.41, 5.74) is 1.58. The molecule has 2 heterocycles. The Morgan fingerprint density at radius 1 is 1.14 bits per heavy atom. The number of hydrogen-bond acceptors (Lipinski definition) is 4. The molecule has 0 unspecified atom stereocenters. The highest BCUT2D eigenvalue weighted by atomic mass is 35.5. The molecule has 1 aliphatic heterocycles. The molecule has 0 aliphatic carbocycles. The molecule has 4 rings (SSSR count). The summed E-state index contributed by atoms with van der Waals surface area (Å²) in [4.78, 5) is 4.01. The molecule has 1 aromatic heterocycles. The van der Waals surface area contributed by atoms with E-state index < -0.39 is 10.0 Å². The maximum Gasteiger partial charge on any atom is 0.262 e. The molecule has 0 bridgehead atoms. The second-order valence-corrected chi connectivity index (χ2v) is 9.38. The zero-order chi connectivity index (χ0) is 20.6. The van der Waals surface area contributed by atoms with Crippen molar-refractivity contribution in [3.63, 3.8) is 0 Å². The molecule has 6 nitrogen and oxygen atoms in total. The van der Waals surface area contributed by atoms with E-state index in [0.717, 1.165) is 5.56 Å². The predicted octanol–water partition coefficient (Wildman–Crippen LogP) is 3.48. The third kappa shape index (κ3) is 4.01. The quantitative estimate of drug-likeness (QED) is 0.667. The summed E-state index contributed by atoms with van der Waals surface area (Å²) < 4.78 is 42.5. The first-order valence-corrected chi connectivity index (χ1v) is 10.9. The second-order valence-electron chi connectivity index (χ2n) is 7.09. The molecule has 29 heavy (non-hydrogen) atoms. The summed E-state index contributed by atoms with van der Waals surface area (Å²) in [5, 5.41) is 3.94. The molecule has 0 amide bonds. The number of sulfonamides is 1. The lowest BCUT2D eigenvalue weighted by atomic mass is 9.94. The van der Waals surface area contributed by atoms with Crippen molar-refractivity contribution in [1.82, 2.24) is 13.9 Å². The summed E-state index contributed by atoms with van der Waals surface area (Å²) in [5.74, 6) is -0.503. The van der Waals surface area contributed by atoms with E-state index in [2.05, 4.69) is 10.3 Å². The number of aryl methyl sites for hydroxylation is 1. The monoisotopic (exact) mass is 434 g/mol. The van der Waals surface area contributed by atoms with Gasteiger partial charge in [-0.25, -0.2) is 17.8 Å². The smallest absolute Gasteiger partial charge is 0.262 e. The Hall–Kier alpha value is -2.42. The fourth-order valence-electron chi connectivity index (χ4n) is 3.62. The molecular formula is C20H20ClFN4O2S. The van der Waals surface area contributed by atoms with Crippen LogP contribution in [0.25, 0.3) is 0 Å². The van der Waals surface area contributed by atoms with Crippen LogP contribution >= 0.6 is 11.6 Å². The Morgan fingerprint density at radius 2 is 1.86 bits per heavy atom. The van der Waals surface area contributed by atoms with Gasteiger partial charge in [0, 0.05) is 49.0 Å². The lowest BCUT2D eigenvalue weighted by Gasteiger charge is -2.22. The van der Waals surface area contributed by atoms with Crippen LogP contribution < -0.4 is 5.32 Å². The van der Waals surface area contributed by atoms with Crippen LogP contribution in [0.1, 0.15) is 11.5 Å². The topological polar surface area (TPSA) is 67.2 Å². The van der Waals surface area contributed by atoms with Gasteiger partial charge in [0.15, 0.2) is 5.03 Å². The van der Waals surface area contributed by atoms with E-state index in [1.807, 2.05) is 18.2 Å². The molecule has 1 saturated heterocycles. The normalized spacial score (nSPS) is 20.1. The van der Waals surface area contributed by atoms with Gasteiger partial charge in [0.05, 0.1) is 6.33 Å². The summed E-state index contributed by atoms with van der Waals surface area (Å²) >= 11 is 6.41. The van der Waals surface area contributed by atoms with Gasteiger partial charge in [-0.15, -0.1) is 0 Å². The van der Waals surface area contributed by atoms with Crippen molar-refractivity contribution < 1.29 is 12.8 Å². The third-order valence-electron chi connectivity index (χ3n) is 5.07. The van der Waals surface area contributed by atoms with Crippen molar-refractivity contribution in [2.75, 3.05) is 18.4 Å². The van der Waals surface area contributed by atoms with Crippen molar-refractivity contribution in [1.29, 1.82) is 0 Å². The van der Waals surface area contributed by atoms with Gasteiger partial charge in [-0.1, -0.05) is 29.8 Å². The molecule has 1 N–H and O–H groups in total. The SMILES string of the molecule is Cn1cnc(S(=O)(=O)N2C[C@H](Nc3ccc(F)cc3)[C@@H](c3ccccc3Cl)C2)c1. The highest BCUT2D eigenvalue weighted by Gasteiger charge is 2.41. The number of anilines is 1. The molecule has 1 fully saturated rings. The van der Waals surface area contributed by atoms with Crippen molar-refractivity contribution in [3.05, 3.63) is 77.5 Å². The van der Waals surface area contributed by atoms with Gasteiger partial charge in [0.1, 0.15) is 5.82 Å². The minimum atomic E-state index is -3.75. The molecule has 2 aromatic carbocycles. The van der Waals surface area contributed by atoms with E-state index in [-0.39, 0.29) is 35.9 Å². The van der Waals surface area contributed by atoms with Crippen LogP contribution in [0.5, 0.6) is 0 Å². The highest BCUT2D eigenvalue weighted by molar-refractivity contribution is 7.89. The van der Waals surface area contributed by atoms with Crippen molar-refractivity contribution in [3.8, 4) is 0 Å². The van der Waals surface area contributed by atoms with Gasteiger partial charge < -0.3 is 9.88 Å². The maximum atomic E-state index is 13.3. The fraction of sp³-hybridized carbons (Fsp3) is 0.250. The van der Waals surface area contributed by atoms with Crippen molar-refractivity contribution >= 4 is 27.3 Å². The number of nitrogens with one attached hydrogen (secondary N) is 1. The van der Waals surface area contributed by atoms with Gasteiger partial charge in [-0.3, -0.25) is 0 Å². The third-order valence-corrected chi connectivity index (χ3v) is 7.13. The van der Waals surface area contributed by atoms with Gasteiger partial charge >= 0.3 is 0 Å². The van der Waals surface area contributed by atoms with Crippen molar-refractivity contribution in [2.24, 2.45) is 7.05 Å². The van der Waals surface area contributed by atoms with Crippen LogP contribution in [0.15, 0.2) is 66.1 Å². The Balaban J connectivity index is 1.67. The van der Waals surface area contributed by atoms with Crippen LogP contribution in [0.2, 0.25) is 5.02 Å². The van der Waals surface area contributed by atoms with Crippen LogP contribution in [0, 0.1) is 5.82 Å². The Morgan fingerprint density at radius 3 is 2.52 bits per heavy atom. The van der Waals surface area contributed by atoms with E-state index in [0.29, 0.717) is 10.7 Å². The van der Waals surface area contributed by atoms with Gasteiger partial charge in [0.2, 0.25) is 0 Å². The predicted molar refractivity (Wildman–Crippen MR) is 110 cm³/mol. The van der Waals surface area contributed by atoms with Crippen LogP contribution in [0.4, 0.5) is 10.1 Å². The van der Waals surface area contributed by atoms with Crippen LogP contribution in [-0.4, -0.2) is 41.4 Å². The molecule has 3 aromatic rings. The average molecular weight is 435 g/mol. The van der Waals surface area contributed by atoms with Gasteiger partial charge in [-0.05, 0) is 35.9 Å². The minimum absolute atomic E-state index is 0.0142. The Bertz CT molecular complexity index is 1120. The first-order chi connectivity index (χ1) is 13.8. The zero-order valence-corrected chi connectivity index (χ0v) is 17.2. The number of benzene rings is 2. The first-order valence-electron chi connectivity index (χ1n) is 9.09. The fourth-order valence-corrected chi connectivity index (χ4v) is 5.35. The zero-order valence-electron chi connectivity index (χ0n) is 15.7. The molecule has 152 valence electrons. The van der Waals surface area contributed by atoms with Gasteiger partial charge in [-0.2, -0.15) is 4.31 Å². The molecule has 0 radical (unpaired) electrons. The standard InChI is InChI=1S/C20H20ClFN4O2S/c1-25-12-20(23-13-25)29(27,28)26-10-17(16-4-2-3-5-18(16)21)19(11-26)24-15-8-6-14(22)7-9-15/h2-9,12-13,17,19,24H,10-11H2,1H3/t17-,19+/m1/s1. The van der Waals surface area contributed by atoms with E-state index in [4.69, 9.17) is 11.6 Å². The number of hydrogen-bond donors (Lipinski definition) is 1. The lowest BCUT2D eigenvalue weighted by Crippen LogP contribution is -2.32. The highest BCUT2D eigenvalue weighted by Crippen LogP contribution is 2.36. The van der Waals surface area contributed by atoms with Gasteiger partial charge in [0.25, 0.3) is 10.0 Å². The number of nitrogens with zero attached hydrogens (tertiary/aromatic N) is 3. The number of rotatable bonds is 5. The molecule has 1 aliphatic rings. The van der Waals surface area contributed by atoms with E-state index in [1.165, 1.54) is 29.0 Å². The maximum absolute atomic E-state index is 13.3. The summed E-state index contributed by atoms with van der Waals surface area (Å²) in [7, 11) is -2.02. The number of halogens is 2. The Labute approximate surface area is 174 Å². The van der Waals surface area contributed by atoms with E-state index >= 15 is 0 Å². The second kappa shape index (κ2) is 7.78. The van der Waals surface area contributed by atoms with E-state index in [9.17, 15) is 12.8 Å². The first kappa shape index (κ1) is 19.9. The summed E-state index contributed by atoms with van der Waals surface area (Å²) in [6.45, 7) is 0.508. The summed E-state index contributed by atoms with van der Waals surface area (Å²) in [6, 6.07) is 13.2. The molecule has 0 saturated carbocycles. The summed E-state index contributed by atoms with van der Waals surface area (Å²) in [6.07, 6.45) is 2.95. The van der Waals surface area contributed by atoms with Crippen LogP contribution in [-0.2, 0) is 17.1 Å². The largest absolute Gasteiger partial charge is 0.380 e. The minimum Gasteiger partial charge on any atom is -0.380 e. The Kier molecular flexibility index (Phi) is 5.33. The van der Waals surface area contributed by atoms with Crippen molar-refractivity contribution in [2.45, 2.75) is 17.0 Å². The molecular weight excluding hydrogens is 415 g/mol. The molecule has 2 atom stereocenters. The van der Waals surface area contributed by atoms with Crippen LogP contribution in [0.3, 0.4) is 0 Å². The average Bonchev–Trinajstić information content (AvgIpc) is 3.31. The number of imidazole rings is 1. The lowest BCUT2D eigenvalue weighted by molar-refractivity contribution is 0.468.